The van der Waals surface area contributed by atoms with Crippen LogP contribution < -0.4 is 18.9 Å². The number of likely N-dealkylation sites (N-methyl/N-ethyl adjacent to an activating group) is 2. The lowest BCUT2D eigenvalue weighted by Crippen LogP contribution is -2.28. The van der Waals surface area contributed by atoms with E-state index < -0.39 is 0 Å². The van der Waals surface area contributed by atoms with Gasteiger partial charge in [-0.25, -0.2) is 0 Å². The lowest BCUT2D eigenvalue weighted by Gasteiger charge is -2.29. The molecule has 1 aliphatic rings. The van der Waals surface area contributed by atoms with E-state index in [2.05, 4.69) is 145 Å². The highest BCUT2D eigenvalue weighted by atomic mass is 16.5. The number of carbonyl (C=O) groups is 2. The molecule has 5 rings (SSSR count). The van der Waals surface area contributed by atoms with Crippen LogP contribution >= 0.6 is 0 Å². The van der Waals surface area contributed by atoms with Gasteiger partial charge in [0.25, 0.3) is 11.8 Å². The summed E-state index contributed by atoms with van der Waals surface area (Å²) in [6, 6.07) is 18.4. The third-order valence-electron chi connectivity index (χ3n) is 12.5. The predicted octanol–water partition coefficient (Wildman–Crippen LogP) is 12.1. The Labute approximate surface area is 398 Å². The van der Waals surface area contributed by atoms with E-state index in [1.165, 1.54) is 22.3 Å². The highest BCUT2D eigenvalue weighted by Crippen LogP contribution is 2.44. The molecular weight excluding hydrogens is 821 g/mol. The van der Waals surface area contributed by atoms with E-state index in [4.69, 9.17) is 18.9 Å². The molecule has 4 aromatic carbocycles. The van der Waals surface area contributed by atoms with Gasteiger partial charge in [-0.05, 0) is 101 Å². The summed E-state index contributed by atoms with van der Waals surface area (Å²) in [5.74, 6) is 2.93. The first kappa shape index (κ1) is 52.0. The first-order chi connectivity index (χ1) is 30.6. The molecular formula is C58H82N2O6. The van der Waals surface area contributed by atoms with Gasteiger partial charge in [-0.15, -0.1) is 0 Å². The first-order valence-electron chi connectivity index (χ1n) is 24.2. The van der Waals surface area contributed by atoms with Gasteiger partial charge in [0.2, 0.25) is 0 Å². The van der Waals surface area contributed by atoms with Gasteiger partial charge in [0.05, 0.1) is 13.2 Å². The van der Waals surface area contributed by atoms with Crippen LogP contribution in [0.4, 0.5) is 0 Å². The van der Waals surface area contributed by atoms with Crippen molar-refractivity contribution in [2.24, 2.45) is 0 Å². The zero-order valence-electron chi connectivity index (χ0n) is 44.0. The molecule has 8 bridgehead atoms. The number of rotatable bonds is 12. The van der Waals surface area contributed by atoms with Crippen molar-refractivity contribution in [3.8, 4) is 23.0 Å². The SMILES string of the molecule is CCCOc1c2cc(C(C)(C)C)cc1Cc1cc(C(C)(C)C)cc(c1OCC(=O)N(C)C)Cc1cc(C(C)(C)C)cc(c1OCCC)Cc1cc(C(C)(C)C)cc(c1OCC(=O)N(C)C)C2. The number of nitrogens with zero attached hydrogens (tertiary/aromatic N) is 2. The topological polar surface area (TPSA) is 77.5 Å². The molecule has 0 atom stereocenters. The lowest BCUT2D eigenvalue weighted by atomic mass is 9.79. The molecule has 2 amide bonds. The molecule has 4 aromatic rings. The minimum Gasteiger partial charge on any atom is -0.493 e. The summed E-state index contributed by atoms with van der Waals surface area (Å²) in [5.41, 5.74) is 12.2. The maximum Gasteiger partial charge on any atom is 0.259 e. The van der Waals surface area contributed by atoms with Crippen molar-refractivity contribution in [3.63, 3.8) is 0 Å². The summed E-state index contributed by atoms with van der Waals surface area (Å²) in [4.78, 5) is 29.9. The Kier molecular flexibility index (Phi) is 16.1. The molecule has 0 spiro atoms. The molecule has 0 aliphatic heterocycles. The normalized spacial score (nSPS) is 13.2. The molecule has 0 heterocycles. The van der Waals surface area contributed by atoms with Crippen molar-refractivity contribution < 1.29 is 28.5 Å². The molecule has 8 nitrogen and oxygen atoms in total. The zero-order valence-corrected chi connectivity index (χ0v) is 44.0. The summed E-state index contributed by atoms with van der Waals surface area (Å²) < 4.78 is 27.5. The van der Waals surface area contributed by atoms with Gasteiger partial charge in [0.1, 0.15) is 23.0 Å². The van der Waals surface area contributed by atoms with Gasteiger partial charge in [-0.1, -0.05) is 145 Å². The van der Waals surface area contributed by atoms with Crippen LogP contribution in [0.15, 0.2) is 48.5 Å². The molecule has 1 aliphatic carbocycles. The maximum atomic E-state index is 13.4. The summed E-state index contributed by atoms with van der Waals surface area (Å²) >= 11 is 0. The fourth-order valence-corrected chi connectivity index (χ4v) is 8.30. The quantitative estimate of drug-likeness (QED) is 0.124. The smallest absolute Gasteiger partial charge is 0.259 e. The molecule has 360 valence electrons. The lowest BCUT2D eigenvalue weighted by molar-refractivity contribution is -0.131. The molecule has 0 saturated carbocycles. The first-order valence-corrected chi connectivity index (χ1v) is 24.2. The van der Waals surface area contributed by atoms with E-state index in [-0.39, 0.29) is 46.7 Å². The van der Waals surface area contributed by atoms with Crippen LogP contribution in [0.5, 0.6) is 23.0 Å². The van der Waals surface area contributed by atoms with E-state index >= 15 is 0 Å². The van der Waals surface area contributed by atoms with Crippen LogP contribution in [0.1, 0.15) is 177 Å². The van der Waals surface area contributed by atoms with Crippen molar-refractivity contribution in [2.75, 3.05) is 54.6 Å². The summed E-state index contributed by atoms with van der Waals surface area (Å²) in [6.07, 6.45) is 3.73. The number of fused-ring (bicyclic) bond motifs is 8. The fourth-order valence-electron chi connectivity index (χ4n) is 8.30. The number of ether oxygens (including phenoxy) is 4. The Balaban J connectivity index is 2.03. The standard InChI is InChI=1S/C58H82N2O6/c1-19-21-63-51-37-23-41-31-47(57(9,10)11)33-43(53(41)65-35-49(61)59(15)16)25-39-29-46(56(6,7)8)30-40(52(39)64-22-20-2)26-44-34-48(58(12,13)14)32-42(54(44)66-36-50(62)60(17)18)24-38(51)28-45(27-37)55(3,4)5/h27-34H,19-26,35-36H2,1-18H3. The fraction of sp³-hybridized carbons (Fsp3) is 0.552. The molecule has 0 saturated heterocycles. The Morgan fingerprint density at radius 2 is 0.591 bits per heavy atom. The van der Waals surface area contributed by atoms with Crippen LogP contribution in [0.3, 0.4) is 0 Å². The second-order valence-corrected chi connectivity index (χ2v) is 23.1. The third kappa shape index (κ3) is 12.7. The largest absolute Gasteiger partial charge is 0.493 e. The Morgan fingerprint density at radius 3 is 0.758 bits per heavy atom. The number of carbonyl (C=O) groups excluding carboxylic acids is 2. The third-order valence-corrected chi connectivity index (χ3v) is 12.5. The second-order valence-electron chi connectivity index (χ2n) is 23.1. The average Bonchev–Trinajstić information content (AvgIpc) is 3.20. The molecule has 0 radical (unpaired) electrons. The van der Waals surface area contributed by atoms with Gasteiger partial charge >= 0.3 is 0 Å². The van der Waals surface area contributed by atoms with Gasteiger partial charge < -0.3 is 28.7 Å². The number of benzene rings is 4. The number of hydrogen-bond acceptors (Lipinski definition) is 6. The Hall–Kier alpha value is -4.98. The predicted molar refractivity (Wildman–Crippen MR) is 272 cm³/mol. The molecule has 66 heavy (non-hydrogen) atoms. The zero-order chi connectivity index (χ0) is 49.1. The minimum absolute atomic E-state index is 0.0926. The monoisotopic (exact) mass is 903 g/mol. The Morgan fingerprint density at radius 1 is 0.394 bits per heavy atom. The molecule has 8 heteroatoms. The van der Waals surface area contributed by atoms with Crippen LogP contribution in [-0.2, 0) is 56.9 Å². The molecule has 0 fully saturated rings. The number of hydrogen-bond donors (Lipinski definition) is 0. The van der Waals surface area contributed by atoms with Crippen molar-refractivity contribution in [1.29, 1.82) is 0 Å². The summed E-state index contributed by atoms with van der Waals surface area (Å²) in [6.45, 7) is 32.2. The van der Waals surface area contributed by atoms with Crippen LogP contribution in [-0.4, -0.2) is 76.2 Å². The van der Waals surface area contributed by atoms with Crippen LogP contribution in [0.25, 0.3) is 0 Å². The second kappa shape index (κ2) is 20.5. The molecule has 0 N–H and O–H groups in total. The van der Waals surface area contributed by atoms with Gasteiger partial charge in [-0.3, -0.25) is 9.59 Å². The van der Waals surface area contributed by atoms with E-state index in [9.17, 15) is 9.59 Å². The van der Waals surface area contributed by atoms with Crippen LogP contribution in [0.2, 0.25) is 0 Å². The van der Waals surface area contributed by atoms with Crippen molar-refractivity contribution >= 4 is 11.8 Å². The van der Waals surface area contributed by atoms with Gasteiger partial charge in [0.15, 0.2) is 13.2 Å². The van der Waals surface area contributed by atoms with Crippen LogP contribution in [0, 0.1) is 0 Å². The van der Waals surface area contributed by atoms with Gasteiger partial charge in [-0.2, -0.15) is 0 Å². The van der Waals surface area contributed by atoms with E-state index in [1.807, 2.05) is 0 Å². The van der Waals surface area contributed by atoms with Crippen molar-refractivity contribution in [3.05, 3.63) is 115 Å². The average molecular weight is 903 g/mol. The number of amides is 2. The van der Waals surface area contributed by atoms with Gasteiger partial charge in [0, 0.05) is 53.9 Å². The highest BCUT2D eigenvalue weighted by molar-refractivity contribution is 5.78. The maximum absolute atomic E-state index is 13.4. The van der Waals surface area contributed by atoms with Crippen molar-refractivity contribution in [1.82, 2.24) is 9.80 Å². The highest BCUT2D eigenvalue weighted by Gasteiger charge is 2.30. The van der Waals surface area contributed by atoms with Crippen molar-refractivity contribution in [2.45, 2.75) is 157 Å². The van der Waals surface area contributed by atoms with E-state index in [0.717, 1.165) is 80.3 Å². The summed E-state index contributed by atoms with van der Waals surface area (Å²) in [7, 11) is 7.07. The van der Waals surface area contributed by atoms with E-state index in [0.29, 0.717) is 38.9 Å². The Bertz CT molecular complexity index is 2120. The minimum atomic E-state index is -0.194. The molecule has 0 aromatic heterocycles. The van der Waals surface area contributed by atoms with E-state index in [1.54, 1.807) is 38.0 Å². The molecule has 0 unspecified atom stereocenters. The summed E-state index contributed by atoms with van der Waals surface area (Å²) in [5, 5.41) is 0.